The Morgan fingerprint density at radius 1 is 1.24 bits per heavy atom. The van der Waals surface area contributed by atoms with Crippen LogP contribution >= 0.6 is 11.8 Å². The summed E-state index contributed by atoms with van der Waals surface area (Å²) in [5.74, 6) is -0.130. The lowest BCUT2D eigenvalue weighted by atomic mass is 10.2. The van der Waals surface area contributed by atoms with Crippen molar-refractivity contribution < 1.29 is 9.59 Å². The van der Waals surface area contributed by atoms with E-state index < -0.39 is 0 Å². The van der Waals surface area contributed by atoms with E-state index in [1.807, 2.05) is 30.5 Å². The van der Waals surface area contributed by atoms with Gasteiger partial charge in [-0.25, -0.2) is 0 Å². The quantitative estimate of drug-likeness (QED) is 0.804. The number of thioether (sulfide) groups is 1. The van der Waals surface area contributed by atoms with Gasteiger partial charge in [-0.15, -0.1) is 11.8 Å². The van der Waals surface area contributed by atoms with Gasteiger partial charge in [-0.2, -0.15) is 0 Å². The van der Waals surface area contributed by atoms with Crippen LogP contribution in [0.15, 0.2) is 29.2 Å². The zero-order chi connectivity index (χ0) is 12.3. The van der Waals surface area contributed by atoms with Crippen molar-refractivity contribution in [3.05, 3.63) is 24.3 Å². The summed E-state index contributed by atoms with van der Waals surface area (Å²) in [6.07, 6.45) is 2.37. The van der Waals surface area contributed by atoms with Crippen molar-refractivity contribution in [3.63, 3.8) is 0 Å². The van der Waals surface area contributed by atoms with Crippen molar-refractivity contribution >= 4 is 29.3 Å². The molecule has 0 unspecified atom stereocenters. The zero-order valence-electron chi connectivity index (χ0n) is 9.60. The van der Waals surface area contributed by atoms with Crippen LogP contribution in [0.1, 0.15) is 6.42 Å². The Hall–Kier alpha value is -1.49. The summed E-state index contributed by atoms with van der Waals surface area (Å²) in [6.45, 7) is 0.534. The smallest absolute Gasteiger partial charge is 0.246 e. The van der Waals surface area contributed by atoms with Gasteiger partial charge in [0.25, 0.3) is 0 Å². The van der Waals surface area contributed by atoms with E-state index in [0.717, 1.165) is 10.6 Å². The van der Waals surface area contributed by atoms with E-state index >= 15 is 0 Å². The minimum atomic E-state index is -0.0680. The van der Waals surface area contributed by atoms with Crippen LogP contribution in [0.5, 0.6) is 0 Å². The zero-order valence-corrected chi connectivity index (χ0v) is 10.4. The molecule has 17 heavy (non-hydrogen) atoms. The molecule has 0 spiro atoms. The van der Waals surface area contributed by atoms with E-state index in [4.69, 9.17) is 0 Å². The highest BCUT2D eigenvalue weighted by Crippen LogP contribution is 2.21. The van der Waals surface area contributed by atoms with Crippen molar-refractivity contribution in [2.24, 2.45) is 0 Å². The first-order valence-electron chi connectivity index (χ1n) is 5.42. The standard InChI is InChI=1S/C12H14N2O2S/c1-17-10-4-2-9(3-5-10)14-7-6-11(15)13-8-12(14)16/h2-5H,6-8H2,1H3,(H,13,15). The predicted octanol–water partition coefficient (Wildman–Crippen LogP) is 1.26. The summed E-state index contributed by atoms with van der Waals surface area (Å²) in [6, 6.07) is 7.79. The molecule has 1 saturated heterocycles. The lowest BCUT2D eigenvalue weighted by Crippen LogP contribution is -2.35. The molecule has 2 amide bonds. The normalized spacial score (nSPS) is 16.6. The molecule has 0 radical (unpaired) electrons. The number of carbonyl (C=O) groups excluding carboxylic acids is 2. The van der Waals surface area contributed by atoms with E-state index in [2.05, 4.69) is 5.32 Å². The van der Waals surface area contributed by atoms with Crippen LogP contribution < -0.4 is 10.2 Å². The Balaban J connectivity index is 2.18. The van der Waals surface area contributed by atoms with Gasteiger partial charge in [0.1, 0.15) is 0 Å². The molecule has 5 heteroatoms. The fourth-order valence-corrected chi connectivity index (χ4v) is 2.14. The number of amides is 2. The first-order valence-corrected chi connectivity index (χ1v) is 6.64. The van der Waals surface area contributed by atoms with Gasteiger partial charge in [0.15, 0.2) is 0 Å². The predicted molar refractivity (Wildman–Crippen MR) is 68.2 cm³/mol. The molecule has 0 aliphatic carbocycles. The van der Waals surface area contributed by atoms with Gasteiger partial charge in [-0.1, -0.05) is 0 Å². The molecule has 1 aromatic carbocycles. The van der Waals surface area contributed by atoms with Crippen LogP contribution in [-0.4, -0.2) is 31.2 Å². The third kappa shape index (κ3) is 2.79. The van der Waals surface area contributed by atoms with E-state index in [-0.39, 0.29) is 18.4 Å². The second-order valence-corrected chi connectivity index (χ2v) is 4.65. The number of carbonyl (C=O) groups is 2. The Kier molecular flexibility index (Phi) is 3.68. The second kappa shape index (κ2) is 5.23. The summed E-state index contributed by atoms with van der Waals surface area (Å²) in [5, 5.41) is 2.58. The summed E-state index contributed by atoms with van der Waals surface area (Å²) < 4.78 is 0. The minimum Gasteiger partial charge on any atom is -0.347 e. The minimum absolute atomic E-state index is 0.0623. The molecule has 1 aliphatic heterocycles. The molecule has 1 aliphatic rings. The van der Waals surface area contributed by atoms with Gasteiger partial charge in [0.2, 0.25) is 11.8 Å². The average Bonchev–Trinajstić information content (AvgIpc) is 2.52. The lowest BCUT2D eigenvalue weighted by Gasteiger charge is -2.19. The van der Waals surface area contributed by atoms with Gasteiger partial charge in [-0.3, -0.25) is 9.59 Å². The lowest BCUT2D eigenvalue weighted by molar-refractivity contribution is -0.123. The summed E-state index contributed by atoms with van der Waals surface area (Å²) in [7, 11) is 0. The average molecular weight is 250 g/mol. The second-order valence-electron chi connectivity index (χ2n) is 3.77. The number of rotatable bonds is 2. The van der Waals surface area contributed by atoms with Crippen LogP contribution in [0.25, 0.3) is 0 Å². The fraction of sp³-hybridized carbons (Fsp3) is 0.333. The molecule has 0 saturated carbocycles. The molecule has 90 valence electrons. The third-order valence-corrected chi connectivity index (χ3v) is 3.43. The van der Waals surface area contributed by atoms with Crippen molar-refractivity contribution in [3.8, 4) is 0 Å². The molecule has 1 aromatic rings. The molecule has 1 N–H and O–H groups in total. The first-order chi connectivity index (χ1) is 8.20. The number of hydrogen-bond acceptors (Lipinski definition) is 3. The van der Waals surface area contributed by atoms with Crippen LogP contribution in [0.3, 0.4) is 0 Å². The molecule has 1 heterocycles. The number of nitrogens with zero attached hydrogens (tertiary/aromatic N) is 1. The van der Waals surface area contributed by atoms with Gasteiger partial charge in [-0.05, 0) is 30.5 Å². The largest absolute Gasteiger partial charge is 0.347 e. The number of benzene rings is 1. The van der Waals surface area contributed by atoms with Crippen molar-refractivity contribution in [2.45, 2.75) is 11.3 Å². The maximum absolute atomic E-state index is 11.8. The molecular formula is C12H14N2O2S. The Morgan fingerprint density at radius 2 is 1.94 bits per heavy atom. The van der Waals surface area contributed by atoms with Crippen LogP contribution in [-0.2, 0) is 9.59 Å². The summed E-state index contributed by atoms with van der Waals surface area (Å²) in [4.78, 5) is 25.8. The van der Waals surface area contributed by atoms with E-state index in [1.54, 1.807) is 16.7 Å². The fourth-order valence-electron chi connectivity index (χ4n) is 1.73. The number of anilines is 1. The van der Waals surface area contributed by atoms with Crippen molar-refractivity contribution in [2.75, 3.05) is 24.2 Å². The highest BCUT2D eigenvalue weighted by molar-refractivity contribution is 7.98. The van der Waals surface area contributed by atoms with E-state index in [1.165, 1.54) is 0 Å². The highest BCUT2D eigenvalue weighted by atomic mass is 32.2. The van der Waals surface area contributed by atoms with E-state index in [9.17, 15) is 9.59 Å². The Morgan fingerprint density at radius 3 is 2.59 bits per heavy atom. The number of hydrogen-bond donors (Lipinski definition) is 1. The molecule has 2 rings (SSSR count). The van der Waals surface area contributed by atoms with E-state index in [0.29, 0.717) is 13.0 Å². The maximum atomic E-state index is 11.8. The molecule has 0 bridgehead atoms. The molecule has 4 nitrogen and oxygen atoms in total. The topological polar surface area (TPSA) is 49.4 Å². The molecule has 0 aromatic heterocycles. The monoisotopic (exact) mass is 250 g/mol. The van der Waals surface area contributed by atoms with Gasteiger partial charge in [0.05, 0.1) is 6.54 Å². The Bertz CT molecular complexity index is 431. The molecular weight excluding hydrogens is 236 g/mol. The highest BCUT2D eigenvalue weighted by Gasteiger charge is 2.21. The van der Waals surface area contributed by atoms with Gasteiger partial charge >= 0.3 is 0 Å². The van der Waals surface area contributed by atoms with Crippen LogP contribution in [0.4, 0.5) is 5.69 Å². The Labute approximate surface area is 104 Å². The SMILES string of the molecule is CSc1ccc(N2CCC(=O)NCC2=O)cc1. The van der Waals surface area contributed by atoms with Crippen LogP contribution in [0.2, 0.25) is 0 Å². The first kappa shape index (κ1) is 12.0. The molecule has 0 atom stereocenters. The number of nitrogens with one attached hydrogen (secondary N) is 1. The summed E-state index contributed by atoms with van der Waals surface area (Å²) in [5.41, 5.74) is 0.851. The summed E-state index contributed by atoms with van der Waals surface area (Å²) >= 11 is 1.66. The van der Waals surface area contributed by atoms with Crippen LogP contribution in [0, 0.1) is 0 Å². The maximum Gasteiger partial charge on any atom is 0.246 e. The van der Waals surface area contributed by atoms with Gasteiger partial charge in [0, 0.05) is 23.5 Å². The van der Waals surface area contributed by atoms with Crippen molar-refractivity contribution in [1.82, 2.24) is 5.32 Å². The van der Waals surface area contributed by atoms with Gasteiger partial charge < -0.3 is 10.2 Å². The molecule has 1 fully saturated rings. The third-order valence-electron chi connectivity index (χ3n) is 2.68. The van der Waals surface area contributed by atoms with Crippen molar-refractivity contribution in [1.29, 1.82) is 0 Å².